The minimum Gasteiger partial charge on any atom is -0.0654 e. The zero-order chi connectivity index (χ0) is 24.2. The molecule has 0 heterocycles. The molecule has 0 aromatic rings. The lowest BCUT2D eigenvalue weighted by atomic mass is 9.95. The van der Waals surface area contributed by atoms with E-state index < -0.39 is 0 Å². The van der Waals surface area contributed by atoms with Gasteiger partial charge in [0.15, 0.2) is 0 Å². The summed E-state index contributed by atoms with van der Waals surface area (Å²) in [6.45, 7) is 9.60. The maximum absolute atomic E-state index is 2.50. The summed E-state index contributed by atoms with van der Waals surface area (Å²) in [5.41, 5.74) is 0. The van der Waals surface area contributed by atoms with Gasteiger partial charge in [-0.3, -0.25) is 0 Å². The molecule has 0 rings (SSSR count). The van der Waals surface area contributed by atoms with Crippen LogP contribution in [0, 0.1) is 11.8 Å². The largest absolute Gasteiger partial charge is 0.0654 e. The van der Waals surface area contributed by atoms with Crippen LogP contribution < -0.4 is 0 Å². The maximum Gasteiger partial charge on any atom is -0.0443 e. The van der Waals surface area contributed by atoms with Crippen molar-refractivity contribution in [2.75, 3.05) is 0 Å². The molecule has 0 aliphatic carbocycles. The normalized spacial score (nSPS) is 13.5. The maximum atomic E-state index is 2.50. The Kier molecular flexibility index (Phi) is 28.2. The molecule has 0 N–H and O–H groups in total. The molecule has 0 aromatic heterocycles. The van der Waals surface area contributed by atoms with Crippen LogP contribution in [-0.2, 0) is 0 Å². The number of hydrogen-bond acceptors (Lipinski definition) is 0. The highest BCUT2D eigenvalue weighted by atomic mass is 14.1. The lowest BCUT2D eigenvalue weighted by Gasteiger charge is -2.12. The van der Waals surface area contributed by atoms with Gasteiger partial charge >= 0.3 is 0 Å². The van der Waals surface area contributed by atoms with E-state index >= 15 is 0 Å². The molecule has 0 aliphatic heterocycles. The van der Waals surface area contributed by atoms with Crippen molar-refractivity contribution in [2.24, 2.45) is 11.8 Å². The summed E-state index contributed by atoms with van der Waals surface area (Å²) in [6, 6.07) is 0. The molecule has 0 bridgehead atoms. The van der Waals surface area contributed by atoms with Crippen LogP contribution in [0.1, 0.15) is 201 Å². The molecule has 0 aromatic carbocycles. The van der Waals surface area contributed by atoms with E-state index in [4.69, 9.17) is 0 Å². The molecular weight excluding hydrogens is 396 g/mol. The Morgan fingerprint density at radius 1 is 0.273 bits per heavy atom. The first-order valence-electron chi connectivity index (χ1n) is 16.2. The van der Waals surface area contributed by atoms with Gasteiger partial charge in [-0.15, -0.1) is 0 Å². The van der Waals surface area contributed by atoms with Crippen molar-refractivity contribution >= 4 is 0 Å². The van der Waals surface area contributed by atoms with E-state index in [0.29, 0.717) is 0 Å². The Hall–Kier alpha value is 0. The van der Waals surface area contributed by atoms with E-state index in [0.717, 1.165) is 11.8 Å². The van der Waals surface area contributed by atoms with Crippen LogP contribution >= 0.6 is 0 Å². The van der Waals surface area contributed by atoms with Gasteiger partial charge in [0, 0.05) is 0 Å². The second-order valence-corrected chi connectivity index (χ2v) is 11.8. The summed E-state index contributed by atoms with van der Waals surface area (Å²) in [7, 11) is 0. The van der Waals surface area contributed by atoms with E-state index in [9.17, 15) is 0 Å². The molecular formula is C33H68. The zero-order valence-corrected chi connectivity index (χ0v) is 24.2. The molecule has 0 nitrogen and oxygen atoms in total. The highest BCUT2D eigenvalue weighted by molar-refractivity contribution is 4.58. The van der Waals surface area contributed by atoms with Crippen molar-refractivity contribution in [2.45, 2.75) is 201 Å². The van der Waals surface area contributed by atoms with Crippen LogP contribution in [0.5, 0.6) is 0 Å². The minimum absolute atomic E-state index is 0.965. The van der Waals surface area contributed by atoms with E-state index in [-0.39, 0.29) is 0 Å². The second kappa shape index (κ2) is 28.2. The first kappa shape index (κ1) is 33.0. The third-order valence-corrected chi connectivity index (χ3v) is 7.99. The van der Waals surface area contributed by atoms with E-state index in [1.54, 1.807) is 0 Å². The van der Waals surface area contributed by atoms with Gasteiger partial charge in [-0.2, -0.15) is 0 Å². The van der Waals surface area contributed by atoms with Gasteiger partial charge in [-0.05, 0) is 11.8 Å². The first-order valence-corrected chi connectivity index (χ1v) is 16.2. The van der Waals surface area contributed by atoms with Crippen molar-refractivity contribution < 1.29 is 0 Å². The van der Waals surface area contributed by atoms with Gasteiger partial charge in [0.1, 0.15) is 0 Å². The average Bonchev–Trinajstić information content (AvgIpc) is 2.81. The average molecular weight is 465 g/mol. The van der Waals surface area contributed by atoms with Crippen molar-refractivity contribution in [3.63, 3.8) is 0 Å². The van der Waals surface area contributed by atoms with Crippen molar-refractivity contribution in [3.05, 3.63) is 0 Å². The monoisotopic (exact) mass is 465 g/mol. The second-order valence-electron chi connectivity index (χ2n) is 11.8. The Balaban J connectivity index is 3.21. The smallest absolute Gasteiger partial charge is 0.0443 e. The van der Waals surface area contributed by atoms with Gasteiger partial charge < -0.3 is 0 Å². The van der Waals surface area contributed by atoms with Gasteiger partial charge in [-0.1, -0.05) is 201 Å². The highest BCUT2D eigenvalue weighted by Gasteiger charge is 2.04. The van der Waals surface area contributed by atoms with Crippen LogP contribution in [0.4, 0.5) is 0 Å². The molecule has 0 saturated carbocycles. The fourth-order valence-corrected chi connectivity index (χ4v) is 5.41. The molecule has 33 heavy (non-hydrogen) atoms. The molecule has 0 radical (unpaired) electrons. The Bertz CT molecular complexity index is 333. The van der Waals surface area contributed by atoms with Crippen molar-refractivity contribution in [1.82, 2.24) is 0 Å². The third kappa shape index (κ3) is 28.1. The SMILES string of the molecule is CCCCCCCCCCCCCCC(C)CCCCCCCCCC(C)CCCCCC. The van der Waals surface area contributed by atoms with Gasteiger partial charge in [-0.25, -0.2) is 0 Å². The van der Waals surface area contributed by atoms with Crippen LogP contribution in [-0.4, -0.2) is 0 Å². The molecule has 0 saturated heterocycles. The topological polar surface area (TPSA) is 0 Å². The summed E-state index contributed by atoms with van der Waals surface area (Å²) >= 11 is 0. The Morgan fingerprint density at radius 3 is 0.697 bits per heavy atom. The number of rotatable bonds is 28. The van der Waals surface area contributed by atoms with Crippen LogP contribution in [0.25, 0.3) is 0 Å². The van der Waals surface area contributed by atoms with Crippen LogP contribution in [0.2, 0.25) is 0 Å². The highest BCUT2D eigenvalue weighted by Crippen LogP contribution is 2.20. The number of hydrogen-bond donors (Lipinski definition) is 0. The molecule has 2 atom stereocenters. The Morgan fingerprint density at radius 2 is 0.455 bits per heavy atom. The third-order valence-electron chi connectivity index (χ3n) is 7.99. The van der Waals surface area contributed by atoms with E-state index in [1.807, 2.05) is 0 Å². The van der Waals surface area contributed by atoms with Gasteiger partial charge in [0.05, 0.1) is 0 Å². The molecule has 0 aliphatic rings. The molecule has 200 valence electrons. The molecule has 0 heteroatoms. The van der Waals surface area contributed by atoms with Crippen molar-refractivity contribution in [1.29, 1.82) is 0 Å². The van der Waals surface area contributed by atoms with Gasteiger partial charge in [0.25, 0.3) is 0 Å². The fraction of sp³-hybridized carbons (Fsp3) is 1.00. The van der Waals surface area contributed by atoms with E-state index in [1.165, 1.54) is 173 Å². The fourth-order valence-electron chi connectivity index (χ4n) is 5.41. The summed E-state index contributed by atoms with van der Waals surface area (Å²) in [4.78, 5) is 0. The summed E-state index contributed by atoms with van der Waals surface area (Å²) in [5.74, 6) is 1.93. The first-order chi connectivity index (χ1) is 16.2. The predicted molar refractivity (Wildman–Crippen MR) is 154 cm³/mol. The lowest BCUT2D eigenvalue weighted by molar-refractivity contribution is 0.423. The zero-order valence-electron chi connectivity index (χ0n) is 24.2. The summed E-state index contributed by atoms with van der Waals surface area (Å²) in [5, 5.41) is 0. The molecule has 0 fully saturated rings. The number of unbranched alkanes of at least 4 members (excludes halogenated alkanes) is 20. The molecule has 2 unspecified atom stereocenters. The molecule has 0 spiro atoms. The van der Waals surface area contributed by atoms with Crippen LogP contribution in [0.3, 0.4) is 0 Å². The predicted octanol–water partition coefficient (Wildman–Crippen LogP) is 12.8. The Labute approximate surface area is 212 Å². The molecule has 0 amide bonds. The van der Waals surface area contributed by atoms with Gasteiger partial charge in [0.2, 0.25) is 0 Å². The van der Waals surface area contributed by atoms with Crippen molar-refractivity contribution in [3.8, 4) is 0 Å². The summed E-state index contributed by atoms with van der Waals surface area (Å²) in [6.07, 6.45) is 39.6. The van der Waals surface area contributed by atoms with E-state index in [2.05, 4.69) is 27.7 Å². The standard InChI is InChI=1S/C33H68/c1-5-7-9-11-12-13-14-15-16-18-21-25-30-33(4)31-27-23-20-17-19-22-26-29-32(3)28-24-10-8-6-2/h32-33H,5-31H2,1-4H3. The van der Waals surface area contributed by atoms with Crippen LogP contribution in [0.15, 0.2) is 0 Å². The summed E-state index contributed by atoms with van der Waals surface area (Å²) < 4.78 is 0. The minimum atomic E-state index is 0.965. The lowest BCUT2D eigenvalue weighted by Crippen LogP contribution is -1.96. The quantitative estimate of drug-likeness (QED) is 0.101.